The smallest absolute Gasteiger partial charge is 0.269 e. The van der Waals surface area contributed by atoms with E-state index in [-0.39, 0.29) is 10.6 Å². The zero-order chi connectivity index (χ0) is 14.1. The molecule has 2 unspecified atom stereocenters. The van der Waals surface area contributed by atoms with Crippen molar-refractivity contribution in [3.63, 3.8) is 0 Å². The Hall–Kier alpha value is -1.75. The molecule has 106 valence electrons. The molecule has 1 aromatic rings. The Balaban J connectivity index is 1.60. The molecule has 20 heavy (non-hydrogen) atoms. The average molecular weight is 274 g/mol. The van der Waals surface area contributed by atoms with Gasteiger partial charge in [-0.3, -0.25) is 19.8 Å². The number of hydrogen-bond acceptors (Lipinski definition) is 4. The number of nitro benzene ring substituents is 1. The van der Waals surface area contributed by atoms with Gasteiger partial charge in [-0.05, 0) is 24.8 Å². The van der Waals surface area contributed by atoms with Gasteiger partial charge in [0.15, 0.2) is 0 Å². The van der Waals surface area contributed by atoms with Gasteiger partial charge in [0.05, 0.1) is 4.92 Å². The van der Waals surface area contributed by atoms with Gasteiger partial charge >= 0.3 is 0 Å². The lowest BCUT2D eigenvalue weighted by Gasteiger charge is -2.33. The molecule has 2 aliphatic rings. The second-order valence-electron chi connectivity index (χ2n) is 5.74. The predicted molar refractivity (Wildman–Crippen MR) is 74.6 cm³/mol. The first-order chi connectivity index (χ1) is 9.63. The van der Waals surface area contributed by atoms with Gasteiger partial charge in [-0.1, -0.05) is 12.1 Å². The highest BCUT2D eigenvalue weighted by Crippen LogP contribution is 2.33. The fraction of sp³-hybridized carbons (Fsp3) is 0.533. The minimum Gasteiger partial charge on any atom is -0.300 e. The summed E-state index contributed by atoms with van der Waals surface area (Å²) in [5.74, 6) is 0.407. The quantitative estimate of drug-likeness (QED) is 0.624. The van der Waals surface area contributed by atoms with E-state index in [1.807, 2.05) is 12.1 Å². The van der Waals surface area contributed by atoms with Crippen molar-refractivity contribution in [1.29, 1.82) is 0 Å². The molecule has 0 radical (unpaired) electrons. The maximum absolute atomic E-state index is 11.6. The first-order valence-corrected chi connectivity index (χ1v) is 7.14. The molecular weight excluding hydrogens is 256 g/mol. The van der Waals surface area contributed by atoms with Crippen molar-refractivity contribution in [2.45, 2.75) is 44.2 Å². The Morgan fingerprint density at radius 1 is 1.15 bits per heavy atom. The average Bonchev–Trinajstić information content (AvgIpc) is 2.67. The van der Waals surface area contributed by atoms with E-state index in [4.69, 9.17) is 0 Å². The lowest BCUT2D eigenvalue weighted by atomic mass is 10.0. The van der Waals surface area contributed by atoms with Crippen LogP contribution in [0.5, 0.6) is 0 Å². The molecular formula is C15H18N2O3. The zero-order valence-electron chi connectivity index (χ0n) is 11.3. The topological polar surface area (TPSA) is 63.5 Å². The van der Waals surface area contributed by atoms with E-state index < -0.39 is 0 Å². The Morgan fingerprint density at radius 3 is 2.30 bits per heavy atom. The summed E-state index contributed by atoms with van der Waals surface area (Å²) in [6, 6.07) is 7.64. The highest BCUT2D eigenvalue weighted by molar-refractivity contribution is 5.80. The third kappa shape index (κ3) is 2.58. The summed E-state index contributed by atoms with van der Waals surface area (Å²) in [7, 11) is 0. The van der Waals surface area contributed by atoms with E-state index in [0.29, 0.717) is 30.7 Å². The maximum atomic E-state index is 11.6. The molecule has 2 saturated heterocycles. The van der Waals surface area contributed by atoms with E-state index in [2.05, 4.69) is 4.90 Å². The van der Waals surface area contributed by atoms with Gasteiger partial charge in [0, 0.05) is 43.6 Å². The van der Waals surface area contributed by atoms with Crippen molar-refractivity contribution in [2.24, 2.45) is 0 Å². The molecule has 3 rings (SSSR count). The number of nitro groups is 1. The second-order valence-corrected chi connectivity index (χ2v) is 5.74. The zero-order valence-corrected chi connectivity index (χ0v) is 11.3. The van der Waals surface area contributed by atoms with Crippen LogP contribution in [0.2, 0.25) is 0 Å². The van der Waals surface area contributed by atoms with Crippen LogP contribution in [-0.4, -0.2) is 34.2 Å². The van der Waals surface area contributed by atoms with Gasteiger partial charge < -0.3 is 0 Å². The van der Waals surface area contributed by atoms with Gasteiger partial charge in [-0.25, -0.2) is 0 Å². The van der Waals surface area contributed by atoms with E-state index in [9.17, 15) is 14.9 Å². The van der Waals surface area contributed by atoms with Gasteiger partial charge in [0.2, 0.25) is 0 Å². The van der Waals surface area contributed by atoms with Gasteiger partial charge in [0.1, 0.15) is 5.78 Å². The fourth-order valence-electron chi connectivity index (χ4n) is 3.47. The summed E-state index contributed by atoms with van der Waals surface area (Å²) < 4.78 is 0. The molecule has 2 bridgehead atoms. The van der Waals surface area contributed by atoms with Crippen molar-refractivity contribution in [2.75, 3.05) is 6.54 Å². The van der Waals surface area contributed by atoms with Crippen molar-refractivity contribution in [1.82, 2.24) is 4.90 Å². The number of piperidine rings is 1. The normalized spacial score (nSPS) is 25.9. The third-order valence-electron chi connectivity index (χ3n) is 4.50. The molecule has 2 fully saturated rings. The first kappa shape index (κ1) is 13.2. The van der Waals surface area contributed by atoms with Crippen LogP contribution in [0.25, 0.3) is 0 Å². The standard InChI is InChI=1S/C15H18N2O3/c18-15-9-13-5-6-14(10-15)16(13)8-7-11-1-3-12(4-2-11)17(19)20/h1-4,13-14H,5-10H2. The van der Waals surface area contributed by atoms with Gasteiger partial charge in [-0.2, -0.15) is 0 Å². The molecule has 0 saturated carbocycles. The monoisotopic (exact) mass is 274 g/mol. The van der Waals surface area contributed by atoms with E-state index in [1.165, 1.54) is 0 Å². The van der Waals surface area contributed by atoms with Crippen LogP contribution >= 0.6 is 0 Å². The lowest BCUT2D eigenvalue weighted by Crippen LogP contribution is -2.44. The number of nitrogens with zero attached hydrogens (tertiary/aromatic N) is 2. The number of non-ortho nitro benzene ring substituents is 1. The Bertz CT molecular complexity index is 510. The van der Waals surface area contributed by atoms with Crippen LogP contribution in [0.1, 0.15) is 31.2 Å². The Labute approximate surface area is 117 Å². The van der Waals surface area contributed by atoms with Crippen LogP contribution < -0.4 is 0 Å². The second kappa shape index (κ2) is 5.32. The molecule has 5 nitrogen and oxygen atoms in total. The summed E-state index contributed by atoms with van der Waals surface area (Å²) in [6.45, 7) is 0.945. The molecule has 0 N–H and O–H groups in total. The maximum Gasteiger partial charge on any atom is 0.269 e. The summed E-state index contributed by atoms with van der Waals surface area (Å²) in [5.41, 5.74) is 1.25. The fourth-order valence-corrected chi connectivity index (χ4v) is 3.47. The number of hydrogen-bond donors (Lipinski definition) is 0. The number of fused-ring (bicyclic) bond motifs is 2. The number of Topliss-reactive ketones (excluding diaryl/α,β-unsaturated/α-hetero) is 1. The van der Waals surface area contributed by atoms with Gasteiger partial charge in [-0.15, -0.1) is 0 Å². The third-order valence-corrected chi connectivity index (χ3v) is 4.50. The van der Waals surface area contributed by atoms with Crippen LogP contribution in [0.4, 0.5) is 5.69 Å². The minimum atomic E-state index is -0.375. The molecule has 5 heteroatoms. The van der Waals surface area contributed by atoms with Crippen LogP contribution in [0.15, 0.2) is 24.3 Å². The molecule has 2 aliphatic heterocycles. The van der Waals surface area contributed by atoms with E-state index in [1.54, 1.807) is 12.1 Å². The number of ketones is 1. The molecule has 0 aromatic heterocycles. The van der Waals surface area contributed by atoms with Crippen LogP contribution in [0, 0.1) is 10.1 Å². The van der Waals surface area contributed by atoms with Crippen molar-refractivity contribution >= 4 is 11.5 Å². The Morgan fingerprint density at radius 2 is 1.75 bits per heavy atom. The van der Waals surface area contributed by atoms with Gasteiger partial charge in [0.25, 0.3) is 5.69 Å². The SMILES string of the molecule is O=C1CC2CCC(C1)N2CCc1ccc([N+](=O)[O-])cc1. The van der Waals surface area contributed by atoms with Crippen molar-refractivity contribution in [3.8, 4) is 0 Å². The number of carbonyl (C=O) groups excluding carboxylic acids is 1. The van der Waals surface area contributed by atoms with E-state index >= 15 is 0 Å². The largest absolute Gasteiger partial charge is 0.300 e. The summed E-state index contributed by atoms with van der Waals surface area (Å²) in [5, 5.41) is 10.6. The van der Waals surface area contributed by atoms with Crippen LogP contribution in [-0.2, 0) is 11.2 Å². The molecule has 0 aliphatic carbocycles. The summed E-state index contributed by atoms with van der Waals surface area (Å²) in [6.07, 6.45) is 4.57. The molecule has 2 heterocycles. The number of benzene rings is 1. The molecule has 0 amide bonds. The summed E-state index contributed by atoms with van der Waals surface area (Å²) in [4.78, 5) is 24.2. The predicted octanol–water partition coefficient (Wildman–Crippen LogP) is 2.33. The first-order valence-electron chi connectivity index (χ1n) is 7.14. The number of rotatable bonds is 4. The highest BCUT2D eigenvalue weighted by atomic mass is 16.6. The lowest BCUT2D eigenvalue weighted by molar-refractivity contribution is -0.384. The van der Waals surface area contributed by atoms with Crippen molar-refractivity contribution in [3.05, 3.63) is 39.9 Å². The minimum absolute atomic E-state index is 0.136. The summed E-state index contributed by atoms with van der Waals surface area (Å²) >= 11 is 0. The van der Waals surface area contributed by atoms with Crippen molar-refractivity contribution < 1.29 is 9.72 Å². The molecule has 1 aromatic carbocycles. The number of carbonyl (C=O) groups is 1. The Kier molecular flexibility index (Phi) is 3.53. The molecule has 2 atom stereocenters. The van der Waals surface area contributed by atoms with E-state index in [0.717, 1.165) is 31.4 Å². The van der Waals surface area contributed by atoms with Crippen LogP contribution in [0.3, 0.4) is 0 Å². The molecule has 0 spiro atoms. The highest BCUT2D eigenvalue weighted by Gasteiger charge is 2.39.